The summed E-state index contributed by atoms with van der Waals surface area (Å²) in [6, 6.07) is 3.50. The molecule has 1 amide bonds. The highest BCUT2D eigenvalue weighted by Gasteiger charge is 2.26. The second-order valence-electron chi connectivity index (χ2n) is 5.76. The van der Waals surface area contributed by atoms with Crippen molar-refractivity contribution in [1.29, 1.82) is 0 Å². The Kier molecular flexibility index (Phi) is 4.64. The van der Waals surface area contributed by atoms with Crippen LogP contribution in [-0.2, 0) is 11.3 Å². The third kappa shape index (κ3) is 3.72. The monoisotopic (exact) mass is 320 g/mol. The minimum absolute atomic E-state index is 0.00186. The first kappa shape index (κ1) is 15.6. The van der Waals surface area contributed by atoms with Gasteiger partial charge in [0.05, 0.1) is 12.7 Å². The van der Waals surface area contributed by atoms with E-state index in [0.717, 1.165) is 25.0 Å². The molecule has 0 aliphatic carbocycles. The largest absolute Gasteiger partial charge is 0.342 e. The predicted octanol–water partition coefficient (Wildman–Crippen LogP) is 2.35. The molecule has 23 heavy (non-hydrogen) atoms. The maximum atomic E-state index is 13.9. The Balaban J connectivity index is 1.63. The number of rotatable bonds is 4. The molecule has 1 unspecified atom stereocenters. The Morgan fingerprint density at radius 3 is 3.00 bits per heavy atom. The summed E-state index contributed by atoms with van der Waals surface area (Å²) < 4.78 is 28.9. The van der Waals surface area contributed by atoms with Gasteiger partial charge in [-0.3, -0.25) is 9.48 Å². The van der Waals surface area contributed by atoms with Crippen LogP contribution in [0.5, 0.6) is 0 Å². The standard InChI is InChI=1S/C16H18F2N4O/c17-13-3-4-15(18)14(10-13)12-2-1-7-21(11-12)16(23)5-8-22-9-6-19-20-22/h3-4,6,9-10,12H,1-2,5,7-8,11H2. The zero-order chi connectivity index (χ0) is 16.2. The van der Waals surface area contributed by atoms with Crippen molar-refractivity contribution >= 4 is 5.91 Å². The quantitative estimate of drug-likeness (QED) is 0.869. The molecule has 3 rings (SSSR count). The number of hydrogen-bond acceptors (Lipinski definition) is 3. The molecule has 0 saturated carbocycles. The van der Waals surface area contributed by atoms with E-state index in [-0.39, 0.29) is 11.8 Å². The van der Waals surface area contributed by atoms with Crippen LogP contribution in [0.1, 0.15) is 30.7 Å². The number of benzene rings is 1. The molecule has 1 aromatic heterocycles. The number of amides is 1. The second kappa shape index (κ2) is 6.85. The smallest absolute Gasteiger partial charge is 0.224 e. The highest BCUT2D eigenvalue weighted by Crippen LogP contribution is 2.29. The van der Waals surface area contributed by atoms with Gasteiger partial charge in [-0.25, -0.2) is 8.78 Å². The van der Waals surface area contributed by atoms with E-state index in [1.54, 1.807) is 22.0 Å². The first-order valence-electron chi connectivity index (χ1n) is 7.70. The van der Waals surface area contributed by atoms with Gasteiger partial charge >= 0.3 is 0 Å². The molecule has 5 nitrogen and oxygen atoms in total. The highest BCUT2D eigenvalue weighted by molar-refractivity contribution is 5.76. The maximum absolute atomic E-state index is 13.9. The molecule has 1 saturated heterocycles. The van der Waals surface area contributed by atoms with Crippen molar-refractivity contribution in [3.05, 3.63) is 47.8 Å². The molecule has 7 heteroatoms. The fourth-order valence-corrected chi connectivity index (χ4v) is 3.01. The molecular formula is C16H18F2N4O. The molecule has 1 aliphatic rings. The summed E-state index contributed by atoms with van der Waals surface area (Å²) in [5.74, 6) is -1.01. The summed E-state index contributed by atoms with van der Waals surface area (Å²) in [7, 11) is 0. The predicted molar refractivity (Wildman–Crippen MR) is 79.6 cm³/mol. The van der Waals surface area contributed by atoms with Crippen molar-refractivity contribution in [2.24, 2.45) is 0 Å². The second-order valence-corrected chi connectivity index (χ2v) is 5.76. The minimum Gasteiger partial charge on any atom is -0.342 e. The number of hydrogen-bond donors (Lipinski definition) is 0. The van der Waals surface area contributed by atoms with Gasteiger partial charge in [-0.05, 0) is 36.6 Å². The van der Waals surface area contributed by atoms with Gasteiger partial charge in [-0.15, -0.1) is 5.10 Å². The van der Waals surface area contributed by atoms with Crippen LogP contribution in [0.25, 0.3) is 0 Å². The van der Waals surface area contributed by atoms with Crippen LogP contribution < -0.4 is 0 Å². The van der Waals surface area contributed by atoms with Gasteiger partial charge in [0, 0.05) is 31.6 Å². The normalized spacial score (nSPS) is 18.2. The van der Waals surface area contributed by atoms with E-state index in [4.69, 9.17) is 0 Å². The van der Waals surface area contributed by atoms with Crippen molar-refractivity contribution in [2.75, 3.05) is 13.1 Å². The molecule has 2 aromatic rings. The lowest BCUT2D eigenvalue weighted by atomic mass is 9.90. The molecule has 1 aromatic carbocycles. The summed E-state index contributed by atoms with van der Waals surface area (Å²) in [5, 5.41) is 7.52. The SMILES string of the molecule is O=C(CCn1ccnn1)N1CCCC(c2cc(F)ccc2F)C1. The van der Waals surface area contributed by atoms with Crippen molar-refractivity contribution in [1.82, 2.24) is 19.9 Å². The molecule has 0 N–H and O–H groups in total. The summed E-state index contributed by atoms with van der Waals surface area (Å²) in [5.41, 5.74) is 0.360. The van der Waals surface area contributed by atoms with E-state index in [2.05, 4.69) is 10.3 Å². The fourth-order valence-electron chi connectivity index (χ4n) is 3.01. The number of halogens is 2. The lowest BCUT2D eigenvalue weighted by Crippen LogP contribution is -2.39. The molecule has 2 heterocycles. The fraction of sp³-hybridized carbons (Fsp3) is 0.438. The molecule has 1 atom stereocenters. The molecule has 0 radical (unpaired) electrons. The van der Waals surface area contributed by atoms with Crippen LogP contribution >= 0.6 is 0 Å². The Hall–Kier alpha value is -2.31. The number of nitrogens with zero attached hydrogens (tertiary/aromatic N) is 4. The van der Waals surface area contributed by atoms with Gasteiger partial charge in [-0.2, -0.15) is 0 Å². The molecular weight excluding hydrogens is 302 g/mol. The lowest BCUT2D eigenvalue weighted by Gasteiger charge is -2.33. The van der Waals surface area contributed by atoms with Gasteiger partial charge in [0.2, 0.25) is 5.91 Å². The van der Waals surface area contributed by atoms with Gasteiger partial charge in [0.15, 0.2) is 0 Å². The van der Waals surface area contributed by atoms with Gasteiger partial charge in [-0.1, -0.05) is 5.21 Å². The average Bonchev–Trinajstić information content (AvgIpc) is 3.08. The summed E-state index contributed by atoms with van der Waals surface area (Å²) in [6.07, 6.45) is 5.13. The summed E-state index contributed by atoms with van der Waals surface area (Å²) >= 11 is 0. The van der Waals surface area contributed by atoms with Crippen molar-refractivity contribution in [2.45, 2.75) is 31.7 Å². The van der Waals surface area contributed by atoms with Gasteiger partial charge in [0.25, 0.3) is 0 Å². The van der Waals surface area contributed by atoms with E-state index in [9.17, 15) is 13.6 Å². The van der Waals surface area contributed by atoms with E-state index in [0.29, 0.717) is 31.6 Å². The van der Waals surface area contributed by atoms with Crippen molar-refractivity contribution < 1.29 is 13.6 Å². The zero-order valence-electron chi connectivity index (χ0n) is 12.7. The Bertz CT molecular complexity index is 675. The number of likely N-dealkylation sites (tertiary alicyclic amines) is 1. The van der Waals surface area contributed by atoms with Crippen LogP contribution in [0.2, 0.25) is 0 Å². The summed E-state index contributed by atoms with van der Waals surface area (Å²) in [6.45, 7) is 1.55. The number of carbonyl (C=O) groups excluding carboxylic acids is 1. The first-order valence-corrected chi connectivity index (χ1v) is 7.70. The van der Waals surface area contributed by atoms with E-state index in [1.807, 2.05) is 0 Å². The van der Waals surface area contributed by atoms with E-state index < -0.39 is 11.6 Å². The Morgan fingerprint density at radius 2 is 2.22 bits per heavy atom. The van der Waals surface area contributed by atoms with Crippen LogP contribution in [-0.4, -0.2) is 38.9 Å². The van der Waals surface area contributed by atoms with Gasteiger partial charge < -0.3 is 4.90 Å². The average molecular weight is 320 g/mol. The highest BCUT2D eigenvalue weighted by atomic mass is 19.1. The van der Waals surface area contributed by atoms with Crippen molar-refractivity contribution in [3.8, 4) is 0 Å². The molecule has 0 bridgehead atoms. The Labute approximate surface area is 132 Å². The van der Waals surface area contributed by atoms with E-state index >= 15 is 0 Å². The third-order valence-electron chi connectivity index (χ3n) is 4.20. The molecule has 1 aliphatic heterocycles. The van der Waals surface area contributed by atoms with Crippen LogP contribution in [0.3, 0.4) is 0 Å². The minimum atomic E-state index is -0.448. The molecule has 122 valence electrons. The first-order chi connectivity index (χ1) is 11.1. The number of piperidine rings is 1. The van der Waals surface area contributed by atoms with Crippen LogP contribution in [0.4, 0.5) is 8.78 Å². The van der Waals surface area contributed by atoms with Crippen LogP contribution in [0.15, 0.2) is 30.6 Å². The maximum Gasteiger partial charge on any atom is 0.224 e. The topological polar surface area (TPSA) is 51.0 Å². The number of aromatic nitrogens is 3. The van der Waals surface area contributed by atoms with E-state index in [1.165, 1.54) is 6.07 Å². The van der Waals surface area contributed by atoms with Gasteiger partial charge in [0.1, 0.15) is 11.6 Å². The number of carbonyl (C=O) groups is 1. The molecule has 1 fully saturated rings. The summed E-state index contributed by atoms with van der Waals surface area (Å²) in [4.78, 5) is 14.1. The zero-order valence-corrected chi connectivity index (χ0v) is 12.7. The van der Waals surface area contributed by atoms with Crippen molar-refractivity contribution in [3.63, 3.8) is 0 Å². The third-order valence-corrected chi connectivity index (χ3v) is 4.20. The lowest BCUT2D eigenvalue weighted by molar-refractivity contribution is -0.132. The number of aryl methyl sites for hydroxylation is 1. The molecule has 0 spiro atoms. The Morgan fingerprint density at radius 1 is 1.35 bits per heavy atom. The van der Waals surface area contributed by atoms with Crippen LogP contribution in [0, 0.1) is 11.6 Å².